The van der Waals surface area contributed by atoms with E-state index < -0.39 is 0 Å². The minimum atomic E-state index is 1.11. The third kappa shape index (κ3) is 3.62. The Morgan fingerprint density at radius 1 is 0.319 bits per heavy atom. The predicted molar refractivity (Wildman–Crippen MR) is 200 cm³/mol. The van der Waals surface area contributed by atoms with E-state index in [1.54, 1.807) is 0 Å². The molecule has 0 N–H and O–H groups in total. The Bertz CT molecular complexity index is 2790. The molecule has 47 heavy (non-hydrogen) atoms. The van der Waals surface area contributed by atoms with Crippen molar-refractivity contribution < 1.29 is 0 Å². The van der Waals surface area contributed by atoms with E-state index in [1.165, 1.54) is 65.4 Å². The summed E-state index contributed by atoms with van der Waals surface area (Å²) in [6.45, 7) is 3.94. The van der Waals surface area contributed by atoms with Crippen LogP contribution in [0.15, 0.2) is 164 Å². The second kappa shape index (κ2) is 9.84. The maximum Gasteiger partial charge on any atom is 0.0548 e. The lowest BCUT2D eigenvalue weighted by Gasteiger charge is -2.12. The molecule has 3 heterocycles. The van der Waals surface area contributed by atoms with Crippen molar-refractivity contribution in [1.82, 2.24) is 13.7 Å². The molecule has 10 rings (SSSR count). The van der Waals surface area contributed by atoms with Crippen molar-refractivity contribution in [2.75, 3.05) is 0 Å². The van der Waals surface area contributed by atoms with Gasteiger partial charge in [0.15, 0.2) is 0 Å². The van der Waals surface area contributed by atoms with Crippen LogP contribution < -0.4 is 0 Å². The van der Waals surface area contributed by atoms with Gasteiger partial charge in [0, 0.05) is 49.4 Å². The molecule has 3 heteroatoms. The molecule has 0 aliphatic heterocycles. The molecule has 7 aromatic carbocycles. The highest BCUT2D eigenvalue weighted by Gasteiger charge is 2.20. The number of hydrogen-bond donors (Lipinski definition) is 0. The Morgan fingerprint density at radius 2 is 0.638 bits per heavy atom. The summed E-state index contributed by atoms with van der Waals surface area (Å²) in [7, 11) is 0. The third-order valence-corrected chi connectivity index (χ3v) is 9.80. The lowest BCUT2D eigenvalue weighted by atomic mass is 10.1. The lowest BCUT2D eigenvalue weighted by Crippen LogP contribution is -1.97. The first-order valence-corrected chi connectivity index (χ1v) is 16.1. The highest BCUT2D eigenvalue weighted by Crippen LogP contribution is 2.42. The minimum absolute atomic E-state index is 1.11. The van der Waals surface area contributed by atoms with E-state index in [0.717, 1.165) is 22.6 Å². The van der Waals surface area contributed by atoms with Crippen LogP contribution in [0.3, 0.4) is 0 Å². The molecule has 0 unspecified atom stereocenters. The number of fused-ring (bicyclic) bond motifs is 10. The maximum atomic E-state index is 3.94. The number of nitrogens with zero attached hydrogens (tertiary/aromatic N) is 3. The van der Waals surface area contributed by atoms with Gasteiger partial charge in [-0.15, -0.1) is 0 Å². The van der Waals surface area contributed by atoms with Gasteiger partial charge in [-0.05, 0) is 78.4 Å². The summed E-state index contributed by atoms with van der Waals surface area (Å²) in [6, 6.07) is 57.2. The van der Waals surface area contributed by atoms with Crippen LogP contribution in [0.4, 0.5) is 0 Å². The fraction of sp³-hybridized carbons (Fsp3) is 0. The summed E-state index contributed by atoms with van der Waals surface area (Å²) in [5.74, 6) is 0. The SMILES string of the molecule is C=Cc1ccc(-n2c3ccccc3c3c4c5ccccc5n(-c5ccc(-n6c7ccccc7c7ccccc76)cc5)c4ccc32)cc1. The van der Waals surface area contributed by atoms with Gasteiger partial charge in [0.05, 0.1) is 33.1 Å². The number of aromatic nitrogens is 3. The van der Waals surface area contributed by atoms with Gasteiger partial charge in [-0.2, -0.15) is 0 Å². The van der Waals surface area contributed by atoms with Crippen LogP contribution >= 0.6 is 0 Å². The molecule has 3 nitrogen and oxygen atoms in total. The summed E-state index contributed by atoms with van der Waals surface area (Å²) >= 11 is 0. The molecule has 0 bridgehead atoms. The van der Waals surface area contributed by atoms with Crippen molar-refractivity contribution in [3.63, 3.8) is 0 Å². The monoisotopic (exact) mass is 599 g/mol. The van der Waals surface area contributed by atoms with Gasteiger partial charge >= 0.3 is 0 Å². The molecule has 0 saturated carbocycles. The van der Waals surface area contributed by atoms with E-state index in [-0.39, 0.29) is 0 Å². The van der Waals surface area contributed by atoms with Gasteiger partial charge < -0.3 is 13.7 Å². The molecular weight excluding hydrogens is 571 g/mol. The number of hydrogen-bond acceptors (Lipinski definition) is 0. The van der Waals surface area contributed by atoms with E-state index in [9.17, 15) is 0 Å². The van der Waals surface area contributed by atoms with Gasteiger partial charge in [-0.1, -0.05) is 97.6 Å². The first kappa shape index (κ1) is 26.0. The molecule has 0 aliphatic rings. The Hall–Kier alpha value is -6.32. The molecule has 0 saturated heterocycles. The molecular formula is C44H29N3. The number of benzene rings is 7. The fourth-order valence-corrected chi connectivity index (χ4v) is 7.79. The average molecular weight is 600 g/mol. The number of rotatable bonds is 4. The van der Waals surface area contributed by atoms with E-state index in [0.29, 0.717) is 0 Å². The second-order valence-electron chi connectivity index (χ2n) is 12.2. The number of para-hydroxylation sites is 4. The topological polar surface area (TPSA) is 14.8 Å². The first-order valence-electron chi connectivity index (χ1n) is 16.1. The van der Waals surface area contributed by atoms with E-state index in [1.807, 2.05) is 6.08 Å². The molecule has 0 amide bonds. The Balaban J connectivity index is 1.22. The highest BCUT2D eigenvalue weighted by molar-refractivity contribution is 6.28. The van der Waals surface area contributed by atoms with Crippen LogP contribution in [0.5, 0.6) is 0 Å². The Labute approximate surface area is 271 Å². The standard InChI is InChI=1S/C44H29N3/c1-2-29-19-21-30(22-20-29)46-39-17-9-5-13-35(39)43-41(46)27-28-42-44(43)36-14-6-10-18-40(36)47(42)32-25-23-31(24-26-32)45-37-15-7-3-11-33(37)34-12-4-8-16-38(34)45/h2-28H,1H2. The van der Waals surface area contributed by atoms with Crippen molar-refractivity contribution in [2.24, 2.45) is 0 Å². The molecule has 0 aliphatic carbocycles. The predicted octanol–water partition coefficient (Wildman–Crippen LogP) is 11.6. The molecule has 0 atom stereocenters. The lowest BCUT2D eigenvalue weighted by molar-refractivity contribution is 1.14. The van der Waals surface area contributed by atoms with Crippen molar-refractivity contribution in [3.8, 4) is 17.1 Å². The summed E-state index contributed by atoms with van der Waals surface area (Å²) in [6.07, 6.45) is 1.89. The largest absolute Gasteiger partial charge is 0.309 e. The molecule has 0 spiro atoms. The normalized spacial score (nSPS) is 11.9. The molecule has 3 aromatic heterocycles. The summed E-state index contributed by atoms with van der Waals surface area (Å²) in [4.78, 5) is 0. The van der Waals surface area contributed by atoms with Crippen LogP contribution in [-0.2, 0) is 0 Å². The third-order valence-electron chi connectivity index (χ3n) is 9.80. The van der Waals surface area contributed by atoms with Gasteiger partial charge in [0.25, 0.3) is 0 Å². The average Bonchev–Trinajstić information content (AvgIpc) is 3.77. The van der Waals surface area contributed by atoms with Crippen LogP contribution in [0, 0.1) is 0 Å². The quantitative estimate of drug-likeness (QED) is 0.191. The van der Waals surface area contributed by atoms with Gasteiger partial charge in [0.1, 0.15) is 0 Å². The fourth-order valence-electron chi connectivity index (χ4n) is 7.79. The van der Waals surface area contributed by atoms with Gasteiger partial charge in [-0.3, -0.25) is 0 Å². The maximum absolute atomic E-state index is 3.94. The van der Waals surface area contributed by atoms with Crippen molar-refractivity contribution >= 4 is 71.5 Å². The molecule has 0 radical (unpaired) electrons. The smallest absolute Gasteiger partial charge is 0.0548 e. The molecule has 0 fully saturated rings. The molecule has 220 valence electrons. The summed E-state index contributed by atoms with van der Waals surface area (Å²) in [5.41, 5.74) is 11.8. The van der Waals surface area contributed by atoms with Gasteiger partial charge in [-0.25, -0.2) is 0 Å². The van der Waals surface area contributed by atoms with Gasteiger partial charge in [0.2, 0.25) is 0 Å². The zero-order chi connectivity index (χ0) is 31.1. The van der Waals surface area contributed by atoms with Crippen molar-refractivity contribution in [2.45, 2.75) is 0 Å². The Morgan fingerprint density at radius 3 is 1.04 bits per heavy atom. The zero-order valence-corrected chi connectivity index (χ0v) is 25.6. The van der Waals surface area contributed by atoms with Crippen LogP contribution in [0.25, 0.3) is 88.6 Å². The second-order valence-corrected chi connectivity index (χ2v) is 12.2. The molecule has 10 aromatic rings. The summed E-state index contributed by atoms with van der Waals surface area (Å²) < 4.78 is 7.19. The van der Waals surface area contributed by atoms with Crippen molar-refractivity contribution in [3.05, 3.63) is 170 Å². The summed E-state index contributed by atoms with van der Waals surface area (Å²) in [5, 5.41) is 7.61. The van der Waals surface area contributed by atoms with E-state index in [4.69, 9.17) is 0 Å². The van der Waals surface area contributed by atoms with Crippen LogP contribution in [0.1, 0.15) is 5.56 Å². The first-order chi connectivity index (χ1) is 23.3. The minimum Gasteiger partial charge on any atom is -0.309 e. The van der Waals surface area contributed by atoms with Crippen LogP contribution in [0.2, 0.25) is 0 Å². The zero-order valence-electron chi connectivity index (χ0n) is 25.6. The van der Waals surface area contributed by atoms with E-state index in [2.05, 4.69) is 178 Å². The highest BCUT2D eigenvalue weighted by atomic mass is 15.0. The van der Waals surface area contributed by atoms with E-state index >= 15 is 0 Å². The Kier molecular flexibility index (Phi) is 5.43. The van der Waals surface area contributed by atoms with Crippen molar-refractivity contribution in [1.29, 1.82) is 0 Å². The van der Waals surface area contributed by atoms with Crippen LogP contribution in [-0.4, -0.2) is 13.7 Å².